The van der Waals surface area contributed by atoms with Crippen LogP contribution in [-0.4, -0.2) is 28.7 Å². The molecule has 2 rings (SSSR count). The average Bonchev–Trinajstić information content (AvgIpc) is 2.92. The van der Waals surface area contributed by atoms with E-state index in [2.05, 4.69) is 4.98 Å². The van der Waals surface area contributed by atoms with Crippen LogP contribution in [0.15, 0.2) is 43.0 Å². The summed E-state index contributed by atoms with van der Waals surface area (Å²) in [7, 11) is 0. The van der Waals surface area contributed by atoms with Crippen molar-refractivity contribution < 1.29 is 14.3 Å². The zero-order valence-corrected chi connectivity index (χ0v) is 10.1. The van der Waals surface area contributed by atoms with Crippen LogP contribution >= 0.6 is 0 Å². The Balaban J connectivity index is 2.00. The van der Waals surface area contributed by atoms with E-state index in [1.807, 2.05) is 19.1 Å². The summed E-state index contributed by atoms with van der Waals surface area (Å²) in [5.74, 6) is 1.02. The lowest BCUT2D eigenvalue weighted by Gasteiger charge is -2.10. The van der Waals surface area contributed by atoms with Gasteiger partial charge in [0.05, 0.1) is 6.61 Å². The number of rotatable bonds is 5. The summed E-state index contributed by atoms with van der Waals surface area (Å²) < 4.78 is 12.2. The summed E-state index contributed by atoms with van der Waals surface area (Å²) in [4.78, 5) is 15.5. The first kappa shape index (κ1) is 12.2. The maximum Gasteiger partial charge on any atom is 0.269 e. The number of para-hydroxylation sites is 2. The molecule has 5 heteroatoms. The fourth-order valence-corrected chi connectivity index (χ4v) is 1.46. The highest BCUT2D eigenvalue weighted by Crippen LogP contribution is 2.26. The van der Waals surface area contributed by atoms with Crippen molar-refractivity contribution >= 4 is 5.91 Å². The van der Waals surface area contributed by atoms with E-state index < -0.39 is 0 Å². The van der Waals surface area contributed by atoms with Gasteiger partial charge in [-0.15, -0.1) is 0 Å². The summed E-state index contributed by atoms with van der Waals surface area (Å²) >= 11 is 0. The Hall–Kier alpha value is -2.30. The Labute approximate surface area is 105 Å². The molecule has 0 spiro atoms. The number of nitrogens with zero attached hydrogens (tertiary/aromatic N) is 2. The number of benzene rings is 1. The smallest absolute Gasteiger partial charge is 0.269 e. The fourth-order valence-electron chi connectivity index (χ4n) is 1.46. The lowest BCUT2D eigenvalue weighted by Crippen LogP contribution is -2.18. The van der Waals surface area contributed by atoms with Gasteiger partial charge < -0.3 is 9.47 Å². The molecule has 1 aromatic heterocycles. The fraction of sp³-hybridized carbons (Fsp3) is 0.231. The normalized spacial score (nSPS) is 10.1. The highest BCUT2D eigenvalue weighted by molar-refractivity contribution is 5.80. The maximum atomic E-state index is 11.7. The first-order valence-electron chi connectivity index (χ1n) is 5.67. The zero-order valence-electron chi connectivity index (χ0n) is 10.1. The molecule has 2 aromatic rings. The lowest BCUT2D eigenvalue weighted by molar-refractivity contribution is 0.0835. The Morgan fingerprint density at radius 3 is 2.61 bits per heavy atom. The summed E-state index contributed by atoms with van der Waals surface area (Å²) in [6.07, 6.45) is 4.58. The predicted octanol–water partition coefficient (Wildman–Crippen LogP) is 2.00. The molecule has 0 unspecified atom stereocenters. The Bertz CT molecular complexity index is 509. The van der Waals surface area contributed by atoms with Gasteiger partial charge in [0, 0.05) is 12.4 Å². The highest BCUT2D eigenvalue weighted by atomic mass is 16.5. The van der Waals surface area contributed by atoms with Crippen molar-refractivity contribution in [2.75, 3.05) is 13.2 Å². The molecule has 0 amide bonds. The molecule has 0 aliphatic rings. The van der Waals surface area contributed by atoms with E-state index in [4.69, 9.17) is 9.47 Å². The quantitative estimate of drug-likeness (QED) is 0.809. The molecular formula is C13H14N2O3. The van der Waals surface area contributed by atoms with Gasteiger partial charge >= 0.3 is 0 Å². The van der Waals surface area contributed by atoms with Crippen LogP contribution in [0.5, 0.6) is 11.5 Å². The second kappa shape index (κ2) is 5.86. The van der Waals surface area contributed by atoms with Gasteiger partial charge in [-0.2, -0.15) is 0 Å². The molecular weight excluding hydrogens is 232 g/mol. The molecule has 0 atom stereocenters. The van der Waals surface area contributed by atoms with Crippen molar-refractivity contribution in [2.45, 2.75) is 6.92 Å². The van der Waals surface area contributed by atoms with Crippen LogP contribution in [0.1, 0.15) is 11.7 Å². The van der Waals surface area contributed by atoms with Crippen LogP contribution in [0, 0.1) is 0 Å². The number of imidazole rings is 1. The number of hydrogen-bond acceptors (Lipinski definition) is 4. The van der Waals surface area contributed by atoms with Gasteiger partial charge in [-0.05, 0) is 19.1 Å². The van der Waals surface area contributed by atoms with Crippen molar-refractivity contribution in [3.63, 3.8) is 0 Å². The number of carbonyl (C=O) groups is 1. The molecule has 0 fully saturated rings. The van der Waals surface area contributed by atoms with Crippen molar-refractivity contribution in [3.05, 3.63) is 43.0 Å². The Morgan fingerprint density at radius 2 is 2.00 bits per heavy atom. The second-order valence-electron chi connectivity index (χ2n) is 3.53. The third-order valence-electron chi connectivity index (χ3n) is 2.29. The van der Waals surface area contributed by atoms with Crippen LogP contribution in [0.2, 0.25) is 0 Å². The van der Waals surface area contributed by atoms with E-state index in [0.717, 1.165) is 0 Å². The third-order valence-corrected chi connectivity index (χ3v) is 2.29. The summed E-state index contributed by atoms with van der Waals surface area (Å²) in [5.41, 5.74) is 0. The van der Waals surface area contributed by atoms with E-state index in [-0.39, 0.29) is 12.5 Å². The molecule has 0 bridgehead atoms. The molecule has 1 heterocycles. The first-order valence-corrected chi connectivity index (χ1v) is 5.67. The zero-order chi connectivity index (χ0) is 12.8. The first-order chi connectivity index (χ1) is 8.81. The average molecular weight is 246 g/mol. The van der Waals surface area contributed by atoms with Gasteiger partial charge in [-0.25, -0.2) is 4.98 Å². The Morgan fingerprint density at radius 1 is 1.28 bits per heavy atom. The van der Waals surface area contributed by atoms with Crippen LogP contribution < -0.4 is 9.47 Å². The molecule has 0 N–H and O–H groups in total. The van der Waals surface area contributed by atoms with Crippen LogP contribution in [-0.2, 0) is 0 Å². The van der Waals surface area contributed by atoms with Crippen LogP contribution in [0.4, 0.5) is 0 Å². The molecule has 1 aromatic carbocycles. The standard InChI is InChI=1S/C13H14N2O3/c1-2-17-11-5-3-4-6-12(11)18-9-13(16)15-8-7-14-10-15/h3-8,10H,2,9H2,1H3. The van der Waals surface area contributed by atoms with E-state index in [1.54, 1.807) is 24.5 Å². The van der Waals surface area contributed by atoms with Gasteiger partial charge in [0.2, 0.25) is 0 Å². The van der Waals surface area contributed by atoms with E-state index in [1.165, 1.54) is 10.9 Å². The minimum absolute atomic E-state index is 0.0551. The molecule has 0 saturated carbocycles. The van der Waals surface area contributed by atoms with Gasteiger partial charge in [0.15, 0.2) is 18.1 Å². The molecule has 0 radical (unpaired) electrons. The van der Waals surface area contributed by atoms with Gasteiger partial charge in [-0.3, -0.25) is 9.36 Å². The van der Waals surface area contributed by atoms with E-state index >= 15 is 0 Å². The van der Waals surface area contributed by atoms with Crippen molar-refractivity contribution in [3.8, 4) is 11.5 Å². The molecule has 0 aliphatic carbocycles. The van der Waals surface area contributed by atoms with Crippen molar-refractivity contribution in [1.29, 1.82) is 0 Å². The third kappa shape index (κ3) is 2.88. The van der Waals surface area contributed by atoms with Gasteiger partial charge in [0.25, 0.3) is 5.91 Å². The largest absolute Gasteiger partial charge is 0.490 e. The van der Waals surface area contributed by atoms with E-state index in [0.29, 0.717) is 18.1 Å². The highest BCUT2D eigenvalue weighted by Gasteiger charge is 2.08. The molecule has 94 valence electrons. The lowest BCUT2D eigenvalue weighted by atomic mass is 10.3. The number of aromatic nitrogens is 2. The SMILES string of the molecule is CCOc1ccccc1OCC(=O)n1ccnc1. The number of carbonyl (C=O) groups excluding carboxylic acids is 1. The monoisotopic (exact) mass is 246 g/mol. The molecule has 18 heavy (non-hydrogen) atoms. The van der Waals surface area contributed by atoms with Crippen molar-refractivity contribution in [2.24, 2.45) is 0 Å². The summed E-state index contributed by atoms with van der Waals surface area (Å²) in [5, 5.41) is 0. The van der Waals surface area contributed by atoms with E-state index in [9.17, 15) is 4.79 Å². The summed E-state index contributed by atoms with van der Waals surface area (Å²) in [6.45, 7) is 2.39. The topological polar surface area (TPSA) is 53.4 Å². The second-order valence-corrected chi connectivity index (χ2v) is 3.53. The van der Waals surface area contributed by atoms with Crippen molar-refractivity contribution in [1.82, 2.24) is 9.55 Å². The van der Waals surface area contributed by atoms with Crippen LogP contribution in [0.3, 0.4) is 0 Å². The minimum Gasteiger partial charge on any atom is -0.490 e. The molecule has 0 saturated heterocycles. The predicted molar refractivity (Wildman–Crippen MR) is 66.0 cm³/mol. The van der Waals surface area contributed by atoms with Gasteiger partial charge in [0.1, 0.15) is 6.33 Å². The summed E-state index contributed by atoms with van der Waals surface area (Å²) in [6, 6.07) is 7.27. The molecule has 5 nitrogen and oxygen atoms in total. The Kier molecular flexibility index (Phi) is 3.96. The maximum absolute atomic E-state index is 11.7. The minimum atomic E-state index is -0.182. The molecule has 0 aliphatic heterocycles. The number of hydrogen-bond donors (Lipinski definition) is 0. The van der Waals surface area contributed by atoms with Gasteiger partial charge in [-0.1, -0.05) is 12.1 Å². The van der Waals surface area contributed by atoms with Crippen LogP contribution in [0.25, 0.3) is 0 Å². The number of ether oxygens (including phenoxy) is 2.